The minimum absolute atomic E-state index is 0.522. The fourth-order valence-electron chi connectivity index (χ4n) is 2.04. The topological polar surface area (TPSA) is 56.7 Å². The van der Waals surface area contributed by atoms with E-state index in [4.69, 9.17) is 5.73 Å². The molecule has 2 aromatic heterocycles. The Morgan fingerprint density at radius 1 is 1.22 bits per heavy atom. The lowest BCUT2D eigenvalue weighted by atomic mass is 10.2. The number of pyridine rings is 1. The third kappa shape index (κ3) is 2.29. The maximum absolute atomic E-state index is 5.63. The second kappa shape index (κ2) is 5.31. The van der Waals surface area contributed by atoms with Crippen LogP contribution in [0.2, 0.25) is 0 Å². The number of aryl methyl sites for hydroxylation is 3. The summed E-state index contributed by atoms with van der Waals surface area (Å²) in [7, 11) is 0. The standard InChI is InChI=1S/C14H20N4/c1-4-12-7-13(5-2)18(17-12)14-10(3)6-11(8-15)9-16-14/h6-7,9H,4-5,8,15H2,1-3H3. The molecule has 0 fully saturated rings. The Hall–Kier alpha value is -1.68. The van der Waals surface area contributed by atoms with Crippen molar-refractivity contribution in [1.29, 1.82) is 0 Å². The van der Waals surface area contributed by atoms with Crippen molar-refractivity contribution in [2.75, 3.05) is 0 Å². The summed E-state index contributed by atoms with van der Waals surface area (Å²) in [6.07, 6.45) is 3.72. The largest absolute Gasteiger partial charge is 0.326 e. The van der Waals surface area contributed by atoms with Gasteiger partial charge in [-0.05, 0) is 43.0 Å². The molecule has 0 aromatic carbocycles. The molecule has 0 aliphatic heterocycles. The van der Waals surface area contributed by atoms with Crippen molar-refractivity contribution in [3.63, 3.8) is 0 Å². The molecule has 4 nitrogen and oxygen atoms in total. The van der Waals surface area contributed by atoms with E-state index in [2.05, 4.69) is 36.1 Å². The van der Waals surface area contributed by atoms with E-state index < -0.39 is 0 Å². The van der Waals surface area contributed by atoms with Crippen molar-refractivity contribution in [3.05, 3.63) is 40.8 Å². The summed E-state index contributed by atoms with van der Waals surface area (Å²) in [6, 6.07) is 4.23. The second-order valence-electron chi connectivity index (χ2n) is 4.43. The lowest BCUT2D eigenvalue weighted by molar-refractivity contribution is 0.764. The van der Waals surface area contributed by atoms with Crippen LogP contribution in [0.15, 0.2) is 18.3 Å². The van der Waals surface area contributed by atoms with Gasteiger partial charge in [-0.1, -0.05) is 13.8 Å². The summed E-state index contributed by atoms with van der Waals surface area (Å²) in [6.45, 7) is 6.82. The zero-order chi connectivity index (χ0) is 13.1. The molecule has 2 heterocycles. The van der Waals surface area contributed by atoms with Crippen molar-refractivity contribution in [2.45, 2.75) is 40.2 Å². The number of nitrogens with two attached hydrogens (primary N) is 1. The fraction of sp³-hybridized carbons (Fsp3) is 0.429. The maximum atomic E-state index is 5.63. The van der Waals surface area contributed by atoms with Crippen LogP contribution in [0.5, 0.6) is 0 Å². The quantitative estimate of drug-likeness (QED) is 0.896. The second-order valence-corrected chi connectivity index (χ2v) is 4.43. The van der Waals surface area contributed by atoms with Gasteiger partial charge in [-0.3, -0.25) is 0 Å². The Kier molecular flexibility index (Phi) is 3.77. The Bertz CT molecular complexity index is 543. The van der Waals surface area contributed by atoms with Crippen molar-refractivity contribution >= 4 is 0 Å². The van der Waals surface area contributed by atoms with E-state index in [0.29, 0.717) is 6.54 Å². The molecule has 0 unspecified atom stereocenters. The molecule has 0 aliphatic carbocycles. The molecule has 0 bridgehead atoms. The highest BCUT2D eigenvalue weighted by molar-refractivity contribution is 5.36. The lowest BCUT2D eigenvalue weighted by Crippen LogP contribution is -2.08. The molecule has 0 spiro atoms. The van der Waals surface area contributed by atoms with Crippen molar-refractivity contribution in [2.24, 2.45) is 5.73 Å². The molecule has 2 rings (SSSR count). The van der Waals surface area contributed by atoms with Crippen molar-refractivity contribution in [3.8, 4) is 5.82 Å². The summed E-state index contributed by atoms with van der Waals surface area (Å²) < 4.78 is 1.95. The van der Waals surface area contributed by atoms with E-state index in [-0.39, 0.29) is 0 Å². The fourth-order valence-corrected chi connectivity index (χ4v) is 2.04. The highest BCUT2D eigenvalue weighted by atomic mass is 15.3. The molecular formula is C14H20N4. The van der Waals surface area contributed by atoms with Gasteiger partial charge >= 0.3 is 0 Å². The molecule has 0 amide bonds. The van der Waals surface area contributed by atoms with E-state index in [1.54, 1.807) is 0 Å². The Balaban J connectivity index is 2.50. The van der Waals surface area contributed by atoms with Crippen LogP contribution in [0.1, 0.15) is 36.4 Å². The molecule has 0 radical (unpaired) electrons. The zero-order valence-electron chi connectivity index (χ0n) is 11.3. The molecule has 2 N–H and O–H groups in total. The monoisotopic (exact) mass is 244 g/mol. The van der Waals surface area contributed by atoms with Gasteiger partial charge in [-0.15, -0.1) is 0 Å². The molecule has 0 saturated carbocycles. The molecule has 0 atom stereocenters. The SMILES string of the molecule is CCc1cc(CC)n(-c2ncc(CN)cc2C)n1. The van der Waals surface area contributed by atoms with Gasteiger partial charge in [-0.25, -0.2) is 9.67 Å². The third-order valence-electron chi connectivity index (χ3n) is 3.10. The number of aromatic nitrogens is 3. The van der Waals surface area contributed by atoms with Gasteiger partial charge in [0, 0.05) is 18.4 Å². The van der Waals surface area contributed by atoms with Crippen LogP contribution in [0.4, 0.5) is 0 Å². The number of hydrogen-bond acceptors (Lipinski definition) is 3. The van der Waals surface area contributed by atoms with Crippen molar-refractivity contribution < 1.29 is 0 Å². The Morgan fingerprint density at radius 3 is 2.56 bits per heavy atom. The van der Waals surface area contributed by atoms with Gasteiger partial charge in [0.2, 0.25) is 0 Å². The van der Waals surface area contributed by atoms with Gasteiger partial charge in [0.1, 0.15) is 0 Å². The molecule has 2 aromatic rings. The molecule has 0 aliphatic rings. The zero-order valence-corrected chi connectivity index (χ0v) is 11.3. The van der Waals surface area contributed by atoms with Crippen LogP contribution in [0.3, 0.4) is 0 Å². The Labute approximate surface area is 108 Å². The van der Waals surface area contributed by atoms with Crippen LogP contribution in [0.25, 0.3) is 5.82 Å². The first-order chi connectivity index (χ1) is 8.69. The summed E-state index contributed by atoms with van der Waals surface area (Å²) in [4.78, 5) is 4.50. The normalized spacial score (nSPS) is 10.9. The number of hydrogen-bond donors (Lipinski definition) is 1. The Morgan fingerprint density at radius 2 is 2.00 bits per heavy atom. The summed E-state index contributed by atoms with van der Waals surface area (Å²) in [5, 5.41) is 4.61. The van der Waals surface area contributed by atoms with Crippen molar-refractivity contribution in [1.82, 2.24) is 14.8 Å². The average molecular weight is 244 g/mol. The van der Waals surface area contributed by atoms with Crippen LogP contribution < -0.4 is 5.73 Å². The lowest BCUT2D eigenvalue weighted by Gasteiger charge is -2.09. The van der Waals surface area contributed by atoms with Crippen LogP contribution in [-0.4, -0.2) is 14.8 Å². The molecule has 0 saturated heterocycles. The van der Waals surface area contributed by atoms with Gasteiger partial charge in [0.25, 0.3) is 0 Å². The highest BCUT2D eigenvalue weighted by Gasteiger charge is 2.10. The highest BCUT2D eigenvalue weighted by Crippen LogP contribution is 2.16. The van der Waals surface area contributed by atoms with Gasteiger partial charge < -0.3 is 5.73 Å². The minimum atomic E-state index is 0.522. The third-order valence-corrected chi connectivity index (χ3v) is 3.10. The maximum Gasteiger partial charge on any atom is 0.156 e. The molecular weight excluding hydrogens is 224 g/mol. The molecule has 96 valence electrons. The van der Waals surface area contributed by atoms with E-state index in [9.17, 15) is 0 Å². The predicted octanol–water partition coefficient (Wildman–Crippen LogP) is 2.16. The van der Waals surface area contributed by atoms with E-state index in [1.807, 2.05) is 17.8 Å². The first-order valence-electron chi connectivity index (χ1n) is 6.43. The van der Waals surface area contributed by atoms with E-state index in [0.717, 1.165) is 35.5 Å². The molecule has 4 heteroatoms. The number of rotatable bonds is 4. The summed E-state index contributed by atoms with van der Waals surface area (Å²) >= 11 is 0. The first kappa shape index (κ1) is 12.8. The summed E-state index contributed by atoms with van der Waals surface area (Å²) in [5.41, 5.74) is 10.1. The van der Waals surface area contributed by atoms with Gasteiger partial charge in [0.05, 0.1) is 5.69 Å². The molecule has 18 heavy (non-hydrogen) atoms. The predicted molar refractivity (Wildman–Crippen MR) is 72.7 cm³/mol. The minimum Gasteiger partial charge on any atom is -0.326 e. The van der Waals surface area contributed by atoms with Crippen LogP contribution in [-0.2, 0) is 19.4 Å². The van der Waals surface area contributed by atoms with Gasteiger partial charge in [0.15, 0.2) is 5.82 Å². The van der Waals surface area contributed by atoms with E-state index in [1.165, 1.54) is 5.69 Å². The first-order valence-corrected chi connectivity index (χ1v) is 6.43. The van der Waals surface area contributed by atoms with E-state index >= 15 is 0 Å². The smallest absolute Gasteiger partial charge is 0.156 e. The summed E-state index contributed by atoms with van der Waals surface area (Å²) in [5.74, 6) is 0.906. The number of nitrogens with zero attached hydrogens (tertiary/aromatic N) is 3. The average Bonchev–Trinajstić information content (AvgIpc) is 2.81. The van der Waals surface area contributed by atoms with Gasteiger partial charge in [-0.2, -0.15) is 5.10 Å². The van der Waals surface area contributed by atoms with Crippen LogP contribution in [0, 0.1) is 6.92 Å². The van der Waals surface area contributed by atoms with Crippen LogP contribution >= 0.6 is 0 Å².